The zero-order valence-electron chi connectivity index (χ0n) is 13.6. The lowest BCUT2D eigenvalue weighted by Crippen LogP contribution is -2.24. The summed E-state index contributed by atoms with van der Waals surface area (Å²) < 4.78 is 3.24. The lowest BCUT2D eigenvalue weighted by atomic mass is 10.2. The smallest absolute Gasteiger partial charge is 0.220 e. The van der Waals surface area contributed by atoms with Crippen molar-refractivity contribution in [1.82, 2.24) is 14.9 Å². The highest BCUT2D eigenvalue weighted by Crippen LogP contribution is 2.19. The van der Waals surface area contributed by atoms with Crippen LogP contribution in [0, 0.1) is 0 Å². The van der Waals surface area contributed by atoms with E-state index in [1.54, 1.807) is 0 Å². The van der Waals surface area contributed by atoms with Crippen molar-refractivity contribution in [2.75, 3.05) is 0 Å². The molecule has 0 radical (unpaired) electrons. The van der Waals surface area contributed by atoms with Gasteiger partial charge in [0.25, 0.3) is 0 Å². The van der Waals surface area contributed by atoms with Crippen LogP contribution in [0.5, 0.6) is 0 Å². The number of imidazole rings is 1. The maximum absolute atomic E-state index is 11.8. The van der Waals surface area contributed by atoms with Crippen molar-refractivity contribution < 1.29 is 4.79 Å². The summed E-state index contributed by atoms with van der Waals surface area (Å²) in [5.41, 5.74) is 3.23. The standard InChI is InChI=1S/C19H20BrN3O/c1-2-5-19(24)21-12-18-22-16-6-3-4-7-17(16)23(18)13-14-8-10-15(20)11-9-14/h3-4,6-11H,2,5,12-13H2,1H3,(H,21,24). The average Bonchev–Trinajstić information content (AvgIpc) is 2.93. The number of hydrogen-bond donors (Lipinski definition) is 1. The van der Waals surface area contributed by atoms with Gasteiger partial charge in [0.15, 0.2) is 0 Å². The second-order valence-electron chi connectivity index (χ2n) is 5.76. The Bertz CT molecular complexity index is 839. The third kappa shape index (κ3) is 3.85. The maximum atomic E-state index is 11.8. The zero-order chi connectivity index (χ0) is 16.9. The van der Waals surface area contributed by atoms with Gasteiger partial charge in [0, 0.05) is 17.4 Å². The van der Waals surface area contributed by atoms with E-state index in [4.69, 9.17) is 4.98 Å². The predicted molar refractivity (Wildman–Crippen MR) is 99.7 cm³/mol. The fourth-order valence-corrected chi connectivity index (χ4v) is 2.97. The summed E-state index contributed by atoms with van der Waals surface area (Å²) in [5, 5.41) is 2.97. The summed E-state index contributed by atoms with van der Waals surface area (Å²) in [4.78, 5) is 16.5. The lowest BCUT2D eigenvalue weighted by molar-refractivity contribution is -0.121. The minimum atomic E-state index is 0.0692. The average molecular weight is 386 g/mol. The van der Waals surface area contributed by atoms with E-state index < -0.39 is 0 Å². The molecule has 3 aromatic rings. The molecule has 1 N–H and O–H groups in total. The Hall–Kier alpha value is -2.14. The third-order valence-electron chi connectivity index (χ3n) is 3.91. The normalized spacial score (nSPS) is 10.9. The summed E-state index contributed by atoms with van der Waals surface area (Å²) in [7, 11) is 0. The van der Waals surface area contributed by atoms with Crippen molar-refractivity contribution in [3.63, 3.8) is 0 Å². The van der Waals surface area contributed by atoms with E-state index >= 15 is 0 Å². The summed E-state index contributed by atoms with van der Waals surface area (Å²) in [6, 6.07) is 16.3. The Morgan fingerprint density at radius 2 is 1.92 bits per heavy atom. The van der Waals surface area contributed by atoms with E-state index in [1.165, 1.54) is 5.56 Å². The number of hydrogen-bond acceptors (Lipinski definition) is 2. The zero-order valence-corrected chi connectivity index (χ0v) is 15.2. The number of fused-ring (bicyclic) bond motifs is 1. The number of benzene rings is 2. The van der Waals surface area contributed by atoms with E-state index in [-0.39, 0.29) is 5.91 Å². The number of carbonyl (C=O) groups is 1. The first-order valence-corrected chi connectivity index (χ1v) is 8.92. The van der Waals surface area contributed by atoms with Crippen molar-refractivity contribution in [3.05, 3.63) is 64.4 Å². The van der Waals surface area contributed by atoms with Crippen LogP contribution in [0.3, 0.4) is 0 Å². The molecule has 24 heavy (non-hydrogen) atoms. The number of para-hydroxylation sites is 2. The van der Waals surface area contributed by atoms with Gasteiger partial charge in [0.2, 0.25) is 5.91 Å². The molecule has 4 nitrogen and oxygen atoms in total. The molecule has 0 saturated carbocycles. The minimum absolute atomic E-state index is 0.0692. The number of nitrogens with one attached hydrogen (secondary N) is 1. The van der Waals surface area contributed by atoms with Crippen molar-refractivity contribution >= 4 is 32.9 Å². The fourth-order valence-electron chi connectivity index (χ4n) is 2.70. The molecule has 5 heteroatoms. The molecule has 0 aliphatic heterocycles. The number of nitrogens with zero attached hydrogens (tertiary/aromatic N) is 2. The highest BCUT2D eigenvalue weighted by molar-refractivity contribution is 9.10. The first-order valence-electron chi connectivity index (χ1n) is 8.12. The molecule has 3 rings (SSSR count). The molecule has 124 valence electrons. The summed E-state index contributed by atoms with van der Waals surface area (Å²) >= 11 is 3.47. The Balaban J connectivity index is 1.89. The molecular formula is C19H20BrN3O. The number of rotatable bonds is 6. The van der Waals surface area contributed by atoms with Crippen molar-refractivity contribution in [1.29, 1.82) is 0 Å². The fraction of sp³-hybridized carbons (Fsp3) is 0.263. The summed E-state index contributed by atoms with van der Waals surface area (Å²) in [6.45, 7) is 3.18. The van der Waals surface area contributed by atoms with Gasteiger partial charge in [-0.2, -0.15) is 0 Å². The second-order valence-corrected chi connectivity index (χ2v) is 6.67. The van der Waals surface area contributed by atoms with Gasteiger partial charge in [-0.25, -0.2) is 4.98 Å². The monoisotopic (exact) mass is 385 g/mol. The molecule has 0 aliphatic rings. The number of amides is 1. The van der Waals surface area contributed by atoms with Crippen LogP contribution >= 0.6 is 15.9 Å². The Morgan fingerprint density at radius 3 is 2.67 bits per heavy atom. The maximum Gasteiger partial charge on any atom is 0.220 e. The Morgan fingerprint density at radius 1 is 1.17 bits per heavy atom. The molecule has 0 aliphatic carbocycles. The minimum Gasteiger partial charge on any atom is -0.349 e. The van der Waals surface area contributed by atoms with Crippen molar-refractivity contribution in [2.45, 2.75) is 32.9 Å². The molecule has 0 bridgehead atoms. The molecule has 0 saturated heterocycles. The Kier molecular flexibility index (Phi) is 5.30. The van der Waals surface area contributed by atoms with Crippen molar-refractivity contribution in [2.24, 2.45) is 0 Å². The highest BCUT2D eigenvalue weighted by atomic mass is 79.9. The summed E-state index contributed by atoms with van der Waals surface area (Å²) in [6.07, 6.45) is 1.40. The van der Waals surface area contributed by atoms with Gasteiger partial charge < -0.3 is 9.88 Å². The van der Waals surface area contributed by atoms with E-state index in [0.29, 0.717) is 13.0 Å². The van der Waals surface area contributed by atoms with Gasteiger partial charge in [-0.15, -0.1) is 0 Å². The van der Waals surface area contributed by atoms with Crippen LogP contribution in [0.4, 0.5) is 0 Å². The third-order valence-corrected chi connectivity index (χ3v) is 4.44. The molecular weight excluding hydrogens is 366 g/mol. The van der Waals surface area contributed by atoms with Gasteiger partial charge in [0.05, 0.1) is 17.6 Å². The van der Waals surface area contributed by atoms with Crippen LogP contribution in [-0.4, -0.2) is 15.5 Å². The predicted octanol–water partition coefficient (Wildman–Crippen LogP) is 4.26. The van der Waals surface area contributed by atoms with Gasteiger partial charge in [-0.3, -0.25) is 4.79 Å². The second kappa shape index (κ2) is 7.62. The largest absolute Gasteiger partial charge is 0.349 e. The van der Waals surface area contributed by atoms with Crippen LogP contribution in [0.15, 0.2) is 53.0 Å². The van der Waals surface area contributed by atoms with Crippen LogP contribution in [0.1, 0.15) is 31.2 Å². The molecule has 0 fully saturated rings. The van der Waals surface area contributed by atoms with E-state index in [9.17, 15) is 4.79 Å². The van der Waals surface area contributed by atoms with Crippen LogP contribution < -0.4 is 5.32 Å². The topological polar surface area (TPSA) is 46.9 Å². The first-order chi connectivity index (χ1) is 11.7. The molecule has 2 aromatic carbocycles. The van der Waals surface area contributed by atoms with Gasteiger partial charge in [-0.1, -0.05) is 47.1 Å². The summed E-state index contributed by atoms with van der Waals surface area (Å²) in [5.74, 6) is 0.948. The van der Waals surface area contributed by atoms with Crippen molar-refractivity contribution in [3.8, 4) is 0 Å². The Labute approximate surface area is 150 Å². The molecule has 1 amide bonds. The van der Waals surface area contributed by atoms with E-state index in [1.807, 2.05) is 37.3 Å². The van der Waals surface area contributed by atoms with Gasteiger partial charge >= 0.3 is 0 Å². The van der Waals surface area contributed by atoms with Crippen LogP contribution in [0.25, 0.3) is 11.0 Å². The quantitative estimate of drug-likeness (QED) is 0.688. The lowest BCUT2D eigenvalue weighted by Gasteiger charge is -2.10. The highest BCUT2D eigenvalue weighted by Gasteiger charge is 2.11. The van der Waals surface area contributed by atoms with E-state index in [0.717, 1.165) is 34.3 Å². The molecule has 0 spiro atoms. The molecule has 0 unspecified atom stereocenters. The first kappa shape index (κ1) is 16.7. The van der Waals surface area contributed by atoms with Crippen LogP contribution in [0.2, 0.25) is 0 Å². The molecule has 1 aromatic heterocycles. The molecule has 0 atom stereocenters. The number of halogens is 1. The number of carbonyl (C=O) groups excluding carboxylic acids is 1. The van der Waals surface area contributed by atoms with E-state index in [2.05, 4.69) is 44.0 Å². The SMILES string of the molecule is CCCC(=O)NCc1nc2ccccc2n1Cc1ccc(Br)cc1. The molecule has 1 heterocycles. The van der Waals surface area contributed by atoms with Gasteiger partial charge in [0.1, 0.15) is 5.82 Å². The number of aromatic nitrogens is 2. The van der Waals surface area contributed by atoms with Gasteiger partial charge in [-0.05, 0) is 36.2 Å². The van der Waals surface area contributed by atoms with Crippen LogP contribution in [-0.2, 0) is 17.9 Å².